The average Bonchev–Trinajstić information content (AvgIpc) is 2.59. The Bertz CT molecular complexity index is 192. The standard InChI is InChI=1S/C10H17NO/c1-2-7-11-10(5-1)6-3-4-9(10)8-12-11/h9H,1-8H2/t9-,10-/m1/s1. The molecule has 0 N–H and O–H groups in total. The summed E-state index contributed by atoms with van der Waals surface area (Å²) in [6.45, 7) is 2.20. The van der Waals surface area contributed by atoms with Crippen molar-refractivity contribution in [3.8, 4) is 0 Å². The van der Waals surface area contributed by atoms with Crippen molar-refractivity contribution in [2.24, 2.45) is 5.92 Å². The quantitative estimate of drug-likeness (QED) is 0.547. The lowest BCUT2D eigenvalue weighted by Gasteiger charge is -2.40. The molecule has 0 radical (unpaired) electrons. The Labute approximate surface area is 73.8 Å². The Hall–Kier alpha value is -0.0800. The van der Waals surface area contributed by atoms with Gasteiger partial charge in [0.05, 0.1) is 12.1 Å². The van der Waals surface area contributed by atoms with Crippen molar-refractivity contribution < 1.29 is 4.84 Å². The summed E-state index contributed by atoms with van der Waals surface area (Å²) in [7, 11) is 0. The van der Waals surface area contributed by atoms with Crippen molar-refractivity contribution in [3.63, 3.8) is 0 Å². The Morgan fingerprint density at radius 2 is 2.08 bits per heavy atom. The van der Waals surface area contributed by atoms with Gasteiger partial charge in [-0.25, -0.2) is 0 Å². The SMILES string of the molecule is C1CC[C@@]23CCC[C@@H]2CON3C1. The predicted octanol–water partition coefficient (Wildman–Crippen LogP) is 1.96. The summed E-state index contributed by atoms with van der Waals surface area (Å²) in [4.78, 5) is 5.75. The Morgan fingerprint density at radius 1 is 1.17 bits per heavy atom. The molecule has 2 aliphatic heterocycles. The molecule has 2 heterocycles. The lowest BCUT2D eigenvalue weighted by Crippen LogP contribution is -2.47. The summed E-state index contributed by atoms with van der Waals surface area (Å²) >= 11 is 0. The Kier molecular flexibility index (Phi) is 1.50. The van der Waals surface area contributed by atoms with Crippen LogP contribution in [0.1, 0.15) is 38.5 Å². The first-order valence-electron chi connectivity index (χ1n) is 5.32. The van der Waals surface area contributed by atoms with Crippen LogP contribution in [-0.4, -0.2) is 23.8 Å². The molecule has 0 aromatic heterocycles. The van der Waals surface area contributed by atoms with Crippen LogP contribution in [0.15, 0.2) is 0 Å². The summed E-state index contributed by atoms with van der Waals surface area (Å²) < 4.78 is 0. The van der Waals surface area contributed by atoms with Crippen LogP contribution >= 0.6 is 0 Å². The van der Waals surface area contributed by atoms with Crippen LogP contribution in [-0.2, 0) is 4.84 Å². The number of rotatable bonds is 0. The molecule has 2 saturated heterocycles. The minimum Gasteiger partial charge on any atom is -0.298 e. The van der Waals surface area contributed by atoms with Crippen LogP contribution in [0.4, 0.5) is 0 Å². The zero-order valence-corrected chi connectivity index (χ0v) is 7.59. The van der Waals surface area contributed by atoms with Gasteiger partial charge >= 0.3 is 0 Å². The second-order valence-corrected chi connectivity index (χ2v) is 4.55. The van der Waals surface area contributed by atoms with Gasteiger partial charge in [-0.05, 0) is 25.7 Å². The third kappa shape index (κ3) is 0.775. The molecule has 2 heteroatoms. The summed E-state index contributed by atoms with van der Waals surface area (Å²) in [5, 5.41) is 2.33. The predicted molar refractivity (Wildman–Crippen MR) is 46.6 cm³/mol. The molecule has 3 fully saturated rings. The molecule has 68 valence electrons. The van der Waals surface area contributed by atoms with Crippen molar-refractivity contribution in [1.82, 2.24) is 5.06 Å². The molecule has 3 aliphatic rings. The van der Waals surface area contributed by atoms with Gasteiger partial charge < -0.3 is 0 Å². The zero-order valence-electron chi connectivity index (χ0n) is 7.59. The molecule has 0 bridgehead atoms. The van der Waals surface area contributed by atoms with Crippen molar-refractivity contribution in [3.05, 3.63) is 0 Å². The van der Waals surface area contributed by atoms with E-state index in [1.807, 2.05) is 0 Å². The highest BCUT2D eigenvalue weighted by molar-refractivity contribution is 5.03. The first-order valence-corrected chi connectivity index (χ1v) is 5.32. The van der Waals surface area contributed by atoms with Gasteiger partial charge in [0.2, 0.25) is 0 Å². The van der Waals surface area contributed by atoms with Crippen LogP contribution < -0.4 is 0 Å². The number of hydrogen-bond donors (Lipinski definition) is 0. The Balaban J connectivity index is 1.92. The van der Waals surface area contributed by atoms with Gasteiger partial charge in [0, 0.05) is 12.5 Å². The molecule has 0 amide bonds. The van der Waals surface area contributed by atoms with Crippen molar-refractivity contribution in [2.75, 3.05) is 13.2 Å². The van der Waals surface area contributed by atoms with Crippen LogP contribution in [0, 0.1) is 5.92 Å². The molecule has 3 rings (SSSR count). The fraction of sp³-hybridized carbons (Fsp3) is 1.00. The van der Waals surface area contributed by atoms with E-state index in [1.54, 1.807) is 0 Å². The fourth-order valence-electron chi connectivity index (χ4n) is 3.43. The maximum absolute atomic E-state index is 5.75. The zero-order chi connectivity index (χ0) is 8.02. The molecule has 2 nitrogen and oxygen atoms in total. The molecule has 1 saturated carbocycles. The van der Waals surface area contributed by atoms with E-state index in [0.717, 1.165) is 12.5 Å². The largest absolute Gasteiger partial charge is 0.298 e. The van der Waals surface area contributed by atoms with Gasteiger partial charge in [-0.15, -0.1) is 0 Å². The molecule has 2 atom stereocenters. The molecule has 0 unspecified atom stereocenters. The first-order chi connectivity index (χ1) is 5.92. The monoisotopic (exact) mass is 167 g/mol. The van der Waals surface area contributed by atoms with Gasteiger partial charge in [0.15, 0.2) is 0 Å². The summed E-state index contributed by atoms with van der Waals surface area (Å²) in [5.74, 6) is 0.873. The van der Waals surface area contributed by atoms with Crippen LogP contribution in [0.3, 0.4) is 0 Å². The van der Waals surface area contributed by atoms with Crippen LogP contribution in [0.5, 0.6) is 0 Å². The molecule has 0 aromatic rings. The average molecular weight is 167 g/mol. The van der Waals surface area contributed by atoms with Crippen molar-refractivity contribution in [1.29, 1.82) is 0 Å². The van der Waals surface area contributed by atoms with Gasteiger partial charge in [-0.3, -0.25) is 4.84 Å². The van der Waals surface area contributed by atoms with Crippen LogP contribution in [0.25, 0.3) is 0 Å². The first kappa shape index (κ1) is 7.34. The highest BCUT2D eigenvalue weighted by Gasteiger charge is 2.53. The van der Waals surface area contributed by atoms with E-state index in [4.69, 9.17) is 4.84 Å². The smallest absolute Gasteiger partial charge is 0.0732 e. The fourth-order valence-corrected chi connectivity index (χ4v) is 3.43. The lowest BCUT2D eigenvalue weighted by atomic mass is 9.81. The van der Waals surface area contributed by atoms with Crippen molar-refractivity contribution in [2.45, 2.75) is 44.1 Å². The topological polar surface area (TPSA) is 12.5 Å². The third-order valence-electron chi connectivity index (χ3n) is 4.07. The number of hydrogen-bond acceptors (Lipinski definition) is 2. The molecule has 1 spiro atoms. The minimum atomic E-state index is 0.512. The third-order valence-corrected chi connectivity index (χ3v) is 4.07. The second kappa shape index (κ2) is 2.46. The molecule has 0 aromatic carbocycles. The highest BCUT2D eigenvalue weighted by atomic mass is 16.7. The van der Waals surface area contributed by atoms with Gasteiger partial charge in [0.25, 0.3) is 0 Å². The number of piperidine rings is 1. The van der Waals surface area contributed by atoms with Crippen LogP contribution in [0.2, 0.25) is 0 Å². The maximum Gasteiger partial charge on any atom is 0.0732 e. The van der Waals surface area contributed by atoms with Gasteiger partial charge in [0.1, 0.15) is 0 Å². The Morgan fingerprint density at radius 3 is 3.08 bits per heavy atom. The van der Waals surface area contributed by atoms with Gasteiger partial charge in [-0.2, -0.15) is 5.06 Å². The van der Waals surface area contributed by atoms with E-state index in [-0.39, 0.29) is 0 Å². The molecular weight excluding hydrogens is 150 g/mol. The van der Waals surface area contributed by atoms with E-state index in [9.17, 15) is 0 Å². The van der Waals surface area contributed by atoms with Crippen molar-refractivity contribution >= 4 is 0 Å². The number of nitrogens with zero attached hydrogens (tertiary/aromatic N) is 1. The number of hydroxylamine groups is 2. The van der Waals surface area contributed by atoms with E-state index in [0.29, 0.717) is 5.54 Å². The molecule has 12 heavy (non-hydrogen) atoms. The summed E-state index contributed by atoms with van der Waals surface area (Å²) in [5.41, 5.74) is 0.512. The summed E-state index contributed by atoms with van der Waals surface area (Å²) in [6.07, 6.45) is 8.42. The van der Waals surface area contributed by atoms with E-state index >= 15 is 0 Å². The van der Waals surface area contributed by atoms with E-state index in [2.05, 4.69) is 5.06 Å². The van der Waals surface area contributed by atoms with Gasteiger partial charge in [-0.1, -0.05) is 12.8 Å². The summed E-state index contributed by atoms with van der Waals surface area (Å²) in [6, 6.07) is 0. The highest BCUT2D eigenvalue weighted by Crippen LogP contribution is 2.50. The van der Waals surface area contributed by atoms with E-state index < -0.39 is 0 Å². The lowest BCUT2D eigenvalue weighted by molar-refractivity contribution is -0.178. The second-order valence-electron chi connectivity index (χ2n) is 4.55. The minimum absolute atomic E-state index is 0.512. The maximum atomic E-state index is 5.75. The normalized spacial score (nSPS) is 47.5. The molecular formula is C10H17NO. The van der Waals surface area contributed by atoms with E-state index in [1.165, 1.54) is 45.1 Å². The molecule has 1 aliphatic carbocycles.